The number of nitrogens with zero attached hydrogens (tertiary/aromatic N) is 3. The Morgan fingerprint density at radius 3 is 2.44 bits per heavy atom. The van der Waals surface area contributed by atoms with E-state index in [-0.39, 0.29) is 22.8 Å². The third-order valence-corrected chi connectivity index (χ3v) is 5.41. The van der Waals surface area contributed by atoms with Gasteiger partial charge in [0.05, 0.1) is 5.69 Å². The van der Waals surface area contributed by atoms with Crippen molar-refractivity contribution in [3.63, 3.8) is 0 Å². The van der Waals surface area contributed by atoms with Gasteiger partial charge in [-0.2, -0.15) is 9.78 Å². The number of benzene rings is 1. The van der Waals surface area contributed by atoms with Crippen LogP contribution < -0.4 is 20.3 Å². The summed E-state index contributed by atoms with van der Waals surface area (Å²) >= 11 is 0. The van der Waals surface area contributed by atoms with Crippen LogP contribution in [0.3, 0.4) is 0 Å². The van der Waals surface area contributed by atoms with E-state index in [1.807, 2.05) is 32.9 Å². The highest BCUT2D eigenvalue weighted by molar-refractivity contribution is 5.94. The third kappa shape index (κ3) is 3.98. The van der Waals surface area contributed by atoms with E-state index in [0.717, 1.165) is 5.69 Å². The van der Waals surface area contributed by atoms with Crippen LogP contribution in [0.4, 0.5) is 5.82 Å². The maximum atomic E-state index is 13.2. The van der Waals surface area contributed by atoms with Gasteiger partial charge in [-0.1, -0.05) is 32.9 Å². The number of ether oxygens (including phenoxy) is 2. The Morgan fingerprint density at radius 1 is 1.16 bits per heavy atom. The Kier molecular flexibility index (Phi) is 5.28. The number of hydrogen-bond acceptors (Lipinski definition) is 6. The Bertz CT molecular complexity index is 1240. The van der Waals surface area contributed by atoms with E-state index < -0.39 is 12.2 Å². The molecule has 0 saturated heterocycles. The second-order valence-electron chi connectivity index (χ2n) is 8.97. The standard InChI is InChI=1S/C23H27N5O4/c1-12-13(2)24-22(26-20(12)29)28-18(11-17(27-28)23(4,5)6)25-21(30)19-14(3)31-15-9-7-8-10-16(15)32-19/h7-11,14,19H,1-6H3,(H,25,30)(H,24,26,29). The molecule has 1 aliphatic rings. The lowest BCUT2D eigenvalue weighted by atomic mass is 9.92. The van der Waals surface area contributed by atoms with Gasteiger partial charge in [0.1, 0.15) is 11.9 Å². The summed E-state index contributed by atoms with van der Waals surface area (Å²) in [7, 11) is 0. The molecule has 1 aromatic carbocycles. The van der Waals surface area contributed by atoms with Crippen molar-refractivity contribution >= 4 is 11.7 Å². The van der Waals surface area contributed by atoms with Crippen LogP contribution in [0.15, 0.2) is 35.1 Å². The number of fused-ring (bicyclic) bond motifs is 1. The minimum atomic E-state index is -0.863. The number of para-hydroxylation sites is 2. The number of aromatic nitrogens is 4. The SMILES string of the molecule is Cc1nc(-n2nc(C(C)(C)C)cc2NC(=O)C2Oc3ccccc3OC2C)[nH]c(=O)c1C. The first-order valence-corrected chi connectivity index (χ1v) is 10.5. The molecule has 2 atom stereocenters. The number of aryl methyl sites for hydroxylation is 1. The summed E-state index contributed by atoms with van der Waals surface area (Å²) in [6.07, 6.45) is -1.36. The number of nitrogens with one attached hydrogen (secondary N) is 2. The van der Waals surface area contributed by atoms with E-state index in [0.29, 0.717) is 28.6 Å². The van der Waals surface area contributed by atoms with Crippen LogP contribution in [0.5, 0.6) is 11.5 Å². The fraction of sp³-hybridized carbons (Fsp3) is 0.391. The van der Waals surface area contributed by atoms with E-state index in [2.05, 4.69) is 20.4 Å². The first kappa shape index (κ1) is 21.6. The molecule has 0 bridgehead atoms. The summed E-state index contributed by atoms with van der Waals surface area (Å²) in [6, 6.07) is 8.99. The quantitative estimate of drug-likeness (QED) is 0.652. The lowest BCUT2D eigenvalue weighted by Gasteiger charge is -2.30. The van der Waals surface area contributed by atoms with Crippen LogP contribution in [0.2, 0.25) is 0 Å². The van der Waals surface area contributed by atoms with Gasteiger partial charge >= 0.3 is 0 Å². The van der Waals surface area contributed by atoms with Crippen LogP contribution in [-0.4, -0.2) is 37.9 Å². The van der Waals surface area contributed by atoms with Gasteiger partial charge in [0.25, 0.3) is 11.5 Å². The van der Waals surface area contributed by atoms with Gasteiger partial charge in [0, 0.05) is 22.7 Å². The van der Waals surface area contributed by atoms with Crippen molar-refractivity contribution in [2.24, 2.45) is 0 Å². The van der Waals surface area contributed by atoms with E-state index in [1.54, 1.807) is 39.0 Å². The van der Waals surface area contributed by atoms with Crippen molar-refractivity contribution in [3.05, 3.63) is 57.6 Å². The van der Waals surface area contributed by atoms with Gasteiger partial charge in [-0.25, -0.2) is 4.98 Å². The molecule has 1 amide bonds. The zero-order chi connectivity index (χ0) is 23.2. The number of aromatic amines is 1. The van der Waals surface area contributed by atoms with Gasteiger partial charge < -0.3 is 14.8 Å². The molecule has 0 fully saturated rings. The molecule has 0 radical (unpaired) electrons. The summed E-state index contributed by atoms with van der Waals surface area (Å²) < 4.78 is 13.2. The zero-order valence-electron chi connectivity index (χ0n) is 19.0. The predicted molar refractivity (Wildman–Crippen MR) is 120 cm³/mol. The van der Waals surface area contributed by atoms with Crippen molar-refractivity contribution < 1.29 is 14.3 Å². The van der Waals surface area contributed by atoms with Crippen molar-refractivity contribution in [2.75, 3.05) is 5.32 Å². The molecule has 2 unspecified atom stereocenters. The molecule has 4 rings (SSSR count). The van der Waals surface area contributed by atoms with E-state index in [9.17, 15) is 9.59 Å². The van der Waals surface area contributed by atoms with E-state index >= 15 is 0 Å². The van der Waals surface area contributed by atoms with Gasteiger partial charge in [-0.05, 0) is 32.9 Å². The normalized spacial score (nSPS) is 17.8. The van der Waals surface area contributed by atoms with Gasteiger partial charge in [0.2, 0.25) is 12.1 Å². The smallest absolute Gasteiger partial charge is 0.270 e. The van der Waals surface area contributed by atoms with Crippen molar-refractivity contribution in [2.45, 2.75) is 59.2 Å². The number of carbonyl (C=O) groups excluding carboxylic acids is 1. The van der Waals surface area contributed by atoms with Crippen LogP contribution >= 0.6 is 0 Å². The first-order valence-electron chi connectivity index (χ1n) is 10.5. The minimum Gasteiger partial charge on any atom is -0.482 e. The molecular formula is C23H27N5O4. The minimum absolute atomic E-state index is 0.225. The maximum absolute atomic E-state index is 13.2. The second kappa shape index (κ2) is 7.81. The van der Waals surface area contributed by atoms with Gasteiger partial charge in [-0.15, -0.1) is 0 Å². The second-order valence-corrected chi connectivity index (χ2v) is 8.97. The topological polar surface area (TPSA) is 111 Å². The maximum Gasteiger partial charge on any atom is 0.270 e. The summed E-state index contributed by atoms with van der Waals surface area (Å²) in [5, 5.41) is 7.49. The average Bonchev–Trinajstić information content (AvgIpc) is 3.15. The van der Waals surface area contributed by atoms with Gasteiger partial charge in [-0.3, -0.25) is 14.6 Å². The molecule has 32 heavy (non-hydrogen) atoms. The number of rotatable bonds is 3. The number of hydrogen-bond donors (Lipinski definition) is 2. The predicted octanol–water partition coefficient (Wildman–Crippen LogP) is 3.04. The van der Waals surface area contributed by atoms with E-state index in [1.165, 1.54) is 4.68 Å². The molecular weight excluding hydrogens is 410 g/mol. The lowest BCUT2D eigenvalue weighted by Crippen LogP contribution is -2.46. The molecule has 0 spiro atoms. The molecule has 0 saturated carbocycles. The zero-order valence-corrected chi connectivity index (χ0v) is 19.0. The number of H-pyrrole nitrogens is 1. The lowest BCUT2D eigenvalue weighted by molar-refractivity contribution is -0.128. The van der Waals surface area contributed by atoms with E-state index in [4.69, 9.17) is 9.47 Å². The Hall–Kier alpha value is -3.62. The largest absolute Gasteiger partial charge is 0.482 e. The monoisotopic (exact) mass is 437 g/mol. The number of anilines is 1. The molecule has 0 aliphatic carbocycles. The number of amides is 1. The van der Waals surface area contributed by atoms with Crippen LogP contribution in [-0.2, 0) is 10.2 Å². The number of carbonyl (C=O) groups is 1. The molecule has 2 aromatic heterocycles. The molecule has 9 nitrogen and oxygen atoms in total. The average molecular weight is 438 g/mol. The highest BCUT2D eigenvalue weighted by Gasteiger charge is 2.35. The molecule has 168 valence electrons. The first-order chi connectivity index (χ1) is 15.0. The third-order valence-electron chi connectivity index (χ3n) is 5.41. The molecule has 9 heteroatoms. The Labute approximate surface area is 185 Å². The Morgan fingerprint density at radius 2 is 1.81 bits per heavy atom. The highest BCUT2D eigenvalue weighted by atomic mass is 16.6. The van der Waals surface area contributed by atoms with Crippen molar-refractivity contribution in [1.82, 2.24) is 19.7 Å². The molecule has 3 aromatic rings. The van der Waals surface area contributed by atoms with Gasteiger partial charge in [0.15, 0.2) is 11.5 Å². The fourth-order valence-corrected chi connectivity index (χ4v) is 3.33. The molecule has 1 aliphatic heterocycles. The molecule has 3 heterocycles. The molecule has 2 N–H and O–H groups in total. The summed E-state index contributed by atoms with van der Waals surface area (Å²) in [6.45, 7) is 11.3. The van der Waals surface area contributed by atoms with Crippen molar-refractivity contribution in [3.8, 4) is 17.4 Å². The summed E-state index contributed by atoms with van der Waals surface area (Å²) in [5.41, 5.74) is 1.30. The Balaban J connectivity index is 1.70. The van der Waals surface area contributed by atoms with Crippen LogP contribution in [0.1, 0.15) is 44.6 Å². The van der Waals surface area contributed by atoms with Crippen LogP contribution in [0.25, 0.3) is 5.95 Å². The fourth-order valence-electron chi connectivity index (χ4n) is 3.33. The summed E-state index contributed by atoms with van der Waals surface area (Å²) in [5.74, 6) is 1.32. The summed E-state index contributed by atoms with van der Waals surface area (Å²) in [4.78, 5) is 32.7. The van der Waals surface area contributed by atoms with Crippen molar-refractivity contribution in [1.29, 1.82) is 0 Å². The highest BCUT2D eigenvalue weighted by Crippen LogP contribution is 2.34. The van der Waals surface area contributed by atoms with Crippen LogP contribution in [0, 0.1) is 13.8 Å².